The lowest BCUT2D eigenvalue weighted by atomic mass is 10.0. The van der Waals surface area contributed by atoms with E-state index in [-0.39, 0.29) is 11.9 Å². The molecule has 1 saturated carbocycles. The average molecular weight is 466 g/mol. The van der Waals surface area contributed by atoms with Crippen LogP contribution in [-0.2, 0) is 17.6 Å². The van der Waals surface area contributed by atoms with Crippen LogP contribution in [0.3, 0.4) is 0 Å². The summed E-state index contributed by atoms with van der Waals surface area (Å²) in [6.45, 7) is 0.751. The molecule has 0 spiro atoms. The number of nitrogens with zero attached hydrogens (tertiary/aromatic N) is 6. The molecular weight excluding hydrogens is 438 g/mol. The molecule has 10 nitrogen and oxygen atoms in total. The van der Waals surface area contributed by atoms with Crippen molar-refractivity contribution < 1.29 is 4.79 Å². The first-order valence-corrected chi connectivity index (χ1v) is 12.7. The summed E-state index contributed by atoms with van der Waals surface area (Å²) >= 11 is 1.31. The van der Waals surface area contributed by atoms with Gasteiger partial charge in [0.05, 0.1) is 5.69 Å². The van der Waals surface area contributed by atoms with Crippen molar-refractivity contribution in [1.29, 1.82) is 0 Å². The maximum absolute atomic E-state index is 12.9. The van der Waals surface area contributed by atoms with Crippen LogP contribution in [0.2, 0.25) is 0 Å². The summed E-state index contributed by atoms with van der Waals surface area (Å²) in [5.41, 5.74) is 5.05. The molecule has 0 aromatic carbocycles. The lowest BCUT2D eigenvalue weighted by Crippen LogP contribution is -2.40. The minimum absolute atomic E-state index is 0.0867. The number of fused-ring (bicyclic) bond motifs is 1. The second-order valence-electron chi connectivity index (χ2n) is 9.05. The smallest absolute Gasteiger partial charge is 0.249 e. The van der Waals surface area contributed by atoms with E-state index in [1.165, 1.54) is 48.3 Å². The number of carbonyl (C=O) groups excluding carboxylic acids is 1. The Morgan fingerprint density at radius 2 is 2.03 bits per heavy atom. The van der Waals surface area contributed by atoms with Gasteiger partial charge in [-0.05, 0) is 44.9 Å². The predicted octanol–water partition coefficient (Wildman–Crippen LogP) is 3.55. The van der Waals surface area contributed by atoms with Gasteiger partial charge in [0.2, 0.25) is 17.0 Å². The Balaban J connectivity index is 1.25. The van der Waals surface area contributed by atoms with E-state index in [1.807, 2.05) is 4.90 Å². The van der Waals surface area contributed by atoms with Gasteiger partial charge in [-0.1, -0.05) is 24.2 Å². The van der Waals surface area contributed by atoms with E-state index < -0.39 is 0 Å². The normalized spacial score (nSPS) is 20.4. The molecule has 4 heterocycles. The van der Waals surface area contributed by atoms with Crippen LogP contribution in [0.25, 0.3) is 0 Å². The van der Waals surface area contributed by atoms with E-state index >= 15 is 0 Å². The van der Waals surface area contributed by atoms with Crippen molar-refractivity contribution in [3.8, 4) is 0 Å². The van der Waals surface area contributed by atoms with Crippen LogP contribution in [0.1, 0.15) is 67.8 Å². The summed E-state index contributed by atoms with van der Waals surface area (Å²) < 4.78 is 0. The topological polar surface area (TPSA) is 125 Å². The minimum atomic E-state index is -0.319. The Bertz CT molecular complexity index is 1140. The van der Waals surface area contributed by atoms with Gasteiger partial charge >= 0.3 is 0 Å². The molecule has 3 aromatic heterocycles. The molecule has 0 radical (unpaired) electrons. The van der Waals surface area contributed by atoms with Crippen molar-refractivity contribution in [1.82, 2.24) is 30.4 Å². The second kappa shape index (κ2) is 8.69. The first kappa shape index (κ1) is 20.5. The first-order valence-electron chi connectivity index (χ1n) is 11.8. The predicted molar refractivity (Wildman–Crippen MR) is 126 cm³/mol. The van der Waals surface area contributed by atoms with Gasteiger partial charge in [-0.15, -0.1) is 10.2 Å². The van der Waals surface area contributed by atoms with Crippen molar-refractivity contribution in [2.75, 3.05) is 22.1 Å². The third-order valence-corrected chi connectivity index (χ3v) is 7.57. The highest BCUT2D eigenvalue weighted by Crippen LogP contribution is 2.35. The van der Waals surface area contributed by atoms with Crippen molar-refractivity contribution >= 4 is 40.0 Å². The van der Waals surface area contributed by atoms with Gasteiger partial charge in [0, 0.05) is 29.8 Å². The summed E-state index contributed by atoms with van der Waals surface area (Å²) in [6, 6.07) is 1.80. The van der Waals surface area contributed by atoms with Crippen molar-refractivity contribution in [2.45, 2.75) is 69.7 Å². The molecule has 0 bridgehead atoms. The summed E-state index contributed by atoms with van der Waals surface area (Å²) in [5.74, 6) is 2.71. The zero-order chi connectivity index (χ0) is 22.2. The van der Waals surface area contributed by atoms with Gasteiger partial charge in [0.15, 0.2) is 5.82 Å². The minimum Gasteiger partial charge on any atom is -0.329 e. The number of hydrogen-bond donors (Lipinski definition) is 3. The molecule has 3 aromatic rings. The second-order valence-corrected chi connectivity index (χ2v) is 9.88. The third kappa shape index (κ3) is 4.05. The molecule has 2 fully saturated rings. The molecule has 3 aliphatic rings. The fourth-order valence-electron chi connectivity index (χ4n) is 5.31. The van der Waals surface area contributed by atoms with Gasteiger partial charge in [0.1, 0.15) is 17.4 Å². The van der Waals surface area contributed by atoms with Crippen LogP contribution in [0.4, 0.5) is 22.7 Å². The number of aromatic amines is 1. The lowest BCUT2D eigenvalue weighted by molar-refractivity contribution is -0.117. The summed E-state index contributed by atoms with van der Waals surface area (Å²) in [6.07, 6.45) is 9.67. The Kier molecular flexibility index (Phi) is 5.41. The number of aromatic nitrogens is 6. The Morgan fingerprint density at radius 1 is 1.12 bits per heavy atom. The Hall–Kier alpha value is -3.08. The first-order chi connectivity index (χ1) is 16.2. The van der Waals surface area contributed by atoms with Gasteiger partial charge in [-0.2, -0.15) is 10.1 Å². The van der Waals surface area contributed by atoms with Crippen LogP contribution < -0.4 is 15.5 Å². The number of hydrogen-bond acceptors (Lipinski definition) is 9. The number of H-pyrrole nitrogens is 1. The molecule has 172 valence electrons. The maximum Gasteiger partial charge on any atom is 0.249 e. The zero-order valence-electron chi connectivity index (χ0n) is 18.4. The van der Waals surface area contributed by atoms with E-state index in [4.69, 9.17) is 9.97 Å². The largest absolute Gasteiger partial charge is 0.329 e. The molecule has 1 atom stereocenters. The van der Waals surface area contributed by atoms with Gasteiger partial charge in [-0.25, -0.2) is 4.98 Å². The van der Waals surface area contributed by atoms with E-state index in [9.17, 15) is 4.79 Å². The number of anilines is 4. The quantitative estimate of drug-likeness (QED) is 0.505. The van der Waals surface area contributed by atoms with Gasteiger partial charge in [0.25, 0.3) is 0 Å². The lowest BCUT2D eigenvalue weighted by Gasteiger charge is -2.24. The highest BCUT2D eigenvalue weighted by atomic mass is 32.1. The maximum atomic E-state index is 12.9. The van der Waals surface area contributed by atoms with Gasteiger partial charge < -0.3 is 10.2 Å². The van der Waals surface area contributed by atoms with Crippen molar-refractivity contribution in [3.63, 3.8) is 0 Å². The molecule has 6 rings (SSSR count). The number of nitrogens with one attached hydrogen (secondary N) is 3. The van der Waals surface area contributed by atoms with Crippen LogP contribution in [0.15, 0.2) is 11.6 Å². The summed E-state index contributed by atoms with van der Waals surface area (Å²) in [4.78, 5) is 24.7. The Labute approximate surface area is 195 Å². The Morgan fingerprint density at radius 3 is 2.88 bits per heavy atom. The van der Waals surface area contributed by atoms with Gasteiger partial charge in [-0.3, -0.25) is 15.2 Å². The molecule has 1 aliphatic heterocycles. The zero-order valence-corrected chi connectivity index (χ0v) is 19.2. The summed E-state index contributed by atoms with van der Waals surface area (Å²) in [5, 5.41) is 22.3. The molecule has 2 aliphatic carbocycles. The third-order valence-electron chi connectivity index (χ3n) is 6.96. The molecular formula is C22H27N9OS. The number of amides is 1. The highest BCUT2D eigenvalue weighted by Gasteiger charge is 2.34. The molecule has 33 heavy (non-hydrogen) atoms. The molecule has 1 saturated heterocycles. The standard InChI is InChI=1S/C22H27N9OS/c32-20(27-22-30-23-12-33-22)17-9-4-10-31(17)21-24-15-8-3-7-14(15)19(26-21)25-18-11-16(28-29-18)13-5-1-2-6-13/h11-13,17H,1-10H2,(H,27,30,32)(H2,24,25,26,28,29). The van der Waals surface area contributed by atoms with Crippen LogP contribution in [-0.4, -0.2) is 48.9 Å². The van der Waals surface area contributed by atoms with E-state index in [1.54, 1.807) is 5.51 Å². The number of carbonyl (C=O) groups is 1. The average Bonchev–Trinajstić information content (AvgIpc) is 3.64. The molecule has 1 unspecified atom stereocenters. The van der Waals surface area contributed by atoms with Crippen LogP contribution >= 0.6 is 11.3 Å². The van der Waals surface area contributed by atoms with Crippen molar-refractivity contribution in [2.24, 2.45) is 0 Å². The number of rotatable bonds is 6. The van der Waals surface area contributed by atoms with Crippen LogP contribution in [0.5, 0.6) is 0 Å². The number of aryl methyl sites for hydroxylation is 1. The van der Waals surface area contributed by atoms with E-state index in [0.29, 0.717) is 17.0 Å². The SMILES string of the molecule is O=C(Nc1nncs1)C1CCCN1c1nc2c(c(Nc3cc(C4CCCC4)[nH]n3)n1)CCC2. The fourth-order valence-corrected chi connectivity index (χ4v) is 5.76. The van der Waals surface area contributed by atoms with Crippen molar-refractivity contribution in [3.05, 3.63) is 28.5 Å². The van der Waals surface area contributed by atoms with E-state index in [0.717, 1.165) is 56.0 Å². The molecule has 1 amide bonds. The molecule has 3 N–H and O–H groups in total. The fraction of sp³-hybridized carbons (Fsp3) is 0.545. The highest BCUT2D eigenvalue weighted by molar-refractivity contribution is 7.13. The summed E-state index contributed by atoms with van der Waals surface area (Å²) in [7, 11) is 0. The molecule has 11 heteroatoms. The monoisotopic (exact) mass is 465 g/mol. The van der Waals surface area contributed by atoms with E-state index in [2.05, 4.69) is 37.1 Å². The van der Waals surface area contributed by atoms with Crippen LogP contribution in [0, 0.1) is 0 Å².